The number of aromatic nitrogens is 1. The first-order chi connectivity index (χ1) is 7.88. The SMILES string of the molecule is ClCc1cnc(C2COc3ccccc32)s1. The van der Waals surface area contributed by atoms with Crippen LogP contribution in [0, 0.1) is 0 Å². The Morgan fingerprint density at radius 2 is 2.31 bits per heavy atom. The van der Waals surface area contributed by atoms with Crippen LogP contribution in [0.4, 0.5) is 0 Å². The van der Waals surface area contributed by atoms with Crippen LogP contribution in [0.1, 0.15) is 21.4 Å². The van der Waals surface area contributed by atoms with Crippen LogP contribution in [-0.2, 0) is 5.88 Å². The molecule has 0 saturated heterocycles. The molecule has 0 spiro atoms. The quantitative estimate of drug-likeness (QED) is 0.764. The lowest BCUT2D eigenvalue weighted by Crippen LogP contribution is -2.01. The zero-order valence-corrected chi connectivity index (χ0v) is 10.1. The van der Waals surface area contributed by atoms with Crippen molar-refractivity contribution in [3.05, 3.63) is 45.9 Å². The molecule has 1 unspecified atom stereocenters. The second kappa shape index (κ2) is 4.07. The van der Waals surface area contributed by atoms with Crippen LogP contribution in [0.2, 0.25) is 0 Å². The molecule has 1 aromatic carbocycles. The fourth-order valence-corrected chi connectivity index (χ4v) is 3.02. The van der Waals surface area contributed by atoms with E-state index in [1.807, 2.05) is 24.4 Å². The van der Waals surface area contributed by atoms with E-state index in [0.29, 0.717) is 12.5 Å². The van der Waals surface area contributed by atoms with Gasteiger partial charge in [0, 0.05) is 16.6 Å². The molecule has 3 rings (SSSR count). The molecule has 2 heterocycles. The Morgan fingerprint density at radius 1 is 1.44 bits per heavy atom. The van der Waals surface area contributed by atoms with E-state index in [1.54, 1.807) is 11.3 Å². The molecule has 0 fully saturated rings. The van der Waals surface area contributed by atoms with Crippen LogP contribution in [0.3, 0.4) is 0 Å². The van der Waals surface area contributed by atoms with E-state index in [0.717, 1.165) is 15.6 Å². The van der Waals surface area contributed by atoms with Gasteiger partial charge in [-0.3, -0.25) is 0 Å². The van der Waals surface area contributed by atoms with Crippen LogP contribution < -0.4 is 4.74 Å². The first kappa shape index (κ1) is 10.1. The second-order valence-corrected chi connectivity index (χ2v) is 5.11. The van der Waals surface area contributed by atoms with Crippen molar-refractivity contribution >= 4 is 22.9 Å². The molecule has 0 bridgehead atoms. The molecular formula is C12H10ClNOS. The predicted octanol–water partition coefficient (Wildman–Crippen LogP) is 3.41. The number of benzene rings is 1. The number of fused-ring (bicyclic) bond motifs is 1. The molecule has 1 aliphatic rings. The molecule has 4 heteroatoms. The average molecular weight is 252 g/mol. The van der Waals surface area contributed by atoms with E-state index in [9.17, 15) is 0 Å². The van der Waals surface area contributed by atoms with Crippen molar-refractivity contribution in [3.63, 3.8) is 0 Å². The summed E-state index contributed by atoms with van der Waals surface area (Å²) in [5, 5.41) is 1.10. The molecule has 0 amide bonds. The summed E-state index contributed by atoms with van der Waals surface area (Å²) < 4.78 is 5.64. The number of alkyl halides is 1. The van der Waals surface area contributed by atoms with Gasteiger partial charge in [0.2, 0.25) is 0 Å². The molecule has 0 aliphatic carbocycles. The Morgan fingerprint density at radius 3 is 3.12 bits per heavy atom. The van der Waals surface area contributed by atoms with E-state index in [4.69, 9.17) is 16.3 Å². The molecule has 16 heavy (non-hydrogen) atoms. The van der Waals surface area contributed by atoms with Crippen molar-refractivity contribution in [1.82, 2.24) is 4.98 Å². The number of para-hydroxylation sites is 1. The second-order valence-electron chi connectivity index (χ2n) is 3.70. The third kappa shape index (κ3) is 1.60. The van der Waals surface area contributed by atoms with Crippen molar-refractivity contribution in [2.45, 2.75) is 11.8 Å². The number of rotatable bonds is 2. The van der Waals surface area contributed by atoms with Gasteiger partial charge in [0.15, 0.2) is 0 Å². The molecule has 1 atom stereocenters. The van der Waals surface area contributed by atoms with Crippen molar-refractivity contribution in [1.29, 1.82) is 0 Å². The van der Waals surface area contributed by atoms with Gasteiger partial charge in [0.1, 0.15) is 17.4 Å². The zero-order valence-electron chi connectivity index (χ0n) is 8.52. The maximum absolute atomic E-state index is 5.79. The summed E-state index contributed by atoms with van der Waals surface area (Å²) in [7, 11) is 0. The van der Waals surface area contributed by atoms with Crippen LogP contribution in [0.15, 0.2) is 30.5 Å². The standard InChI is InChI=1S/C12H10ClNOS/c13-5-8-6-14-12(16-8)10-7-15-11-4-2-1-3-9(10)11/h1-4,6,10H,5,7H2. The van der Waals surface area contributed by atoms with Gasteiger partial charge in [-0.1, -0.05) is 18.2 Å². The Bertz CT molecular complexity index is 511. The van der Waals surface area contributed by atoms with Crippen LogP contribution >= 0.6 is 22.9 Å². The Hall–Kier alpha value is -1.06. The topological polar surface area (TPSA) is 22.1 Å². The van der Waals surface area contributed by atoms with Crippen molar-refractivity contribution in [3.8, 4) is 5.75 Å². The smallest absolute Gasteiger partial charge is 0.123 e. The minimum atomic E-state index is 0.276. The number of nitrogens with zero attached hydrogens (tertiary/aromatic N) is 1. The molecule has 2 aromatic rings. The monoisotopic (exact) mass is 251 g/mol. The summed E-state index contributed by atoms with van der Waals surface area (Å²) in [5.41, 5.74) is 1.23. The van der Waals surface area contributed by atoms with E-state index >= 15 is 0 Å². The summed E-state index contributed by atoms with van der Waals surface area (Å²) in [4.78, 5) is 5.53. The molecular weight excluding hydrogens is 242 g/mol. The van der Waals surface area contributed by atoms with Gasteiger partial charge in [-0.2, -0.15) is 0 Å². The molecule has 82 valence electrons. The lowest BCUT2D eigenvalue weighted by Gasteiger charge is -2.03. The molecule has 1 aromatic heterocycles. The molecule has 0 saturated carbocycles. The average Bonchev–Trinajstić information content (AvgIpc) is 2.94. The van der Waals surface area contributed by atoms with E-state index in [-0.39, 0.29) is 5.92 Å². The van der Waals surface area contributed by atoms with Crippen molar-refractivity contribution in [2.75, 3.05) is 6.61 Å². The fourth-order valence-electron chi connectivity index (χ4n) is 1.91. The van der Waals surface area contributed by atoms with Crippen molar-refractivity contribution in [2.24, 2.45) is 0 Å². The van der Waals surface area contributed by atoms with E-state index in [1.165, 1.54) is 5.56 Å². The van der Waals surface area contributed by atoms with Gasteiger partial charge < -0.3 is 4.74 Å². The molecule has 0 N–H and O–H groups in total. The van der Waals surface area contributed by atoms with Gasteiger partial charge in [-0.05, 0) is 6.07 Å². The molecule has 2 nitrogen and oxygen atoms in total. The van der Waals surface area contributed by atoms with Gasteiger partial charge in [-0.25, -0.2) is 4.98 Å². The number of halogens is 1. The van der Waals surface area contributed by atoms with Crippen LogP contribution in [0.25, 0.3) is 0 Å². The predicted molar refractivity (Wildman–Crippen MR) is 65.5 cm³/mol. The van der Waals surface area contributed by atoms with Crippen LogP contribution in [0.5, 0.6) is 5.75 Å². The highest BCUT2D eigenvalue weighted by Gasteiger charge is 2.27. The molecule has 0 radical (unpaired) electrons. The Labute approximate surface area is 103 Å². The minimum Gasteiger partial charge on any atom is -0.492 e. The third-order valence-corrected chi connectivity index (χ3v) is 4.26. The highest BCUT2D eigenvalue weighted by atomic mass is 35.5. The Balaban J connectivity index is 1.98. The lowest BCUT2D eigenvalue weighted by atomic mass is 10.0. The maximum Gasteiger partial charge on any atom is 0.123 e. The zero-order chi connectivity index (χ0) is 11.0. The van der Waals surface area contributed by atoms with Gasteiger partial charge in [0.05, 0.1) is 11.8 Å². The first-order valence-corrected chi connectivity index (χ1v) is 6.46. The highest BCUT2D eigenvalue weighted by Crippen LogP contribution is 2.39. The third-order valence-electron chi connectivity index (χ3n) is 2.70. The summed E-state index contributed by atoms with van der Waals surface area (Å²) in [5.74, 6) is 1.79. The van der Waals surface area contributed by atoms with Gasteiger partial charge in [0.25, 0.3) is 0 Å². The summed E-state index contributed by atoms with van der Waals surface area (Å²) in [6, 6.07) is 8.14. The van der Waals surface area contributed by atoms with E-state index < -0.39 is 0 Å². The van der Waals surface area contributed by atoms with E-state index in [2.05, 4.69) is 11.1 Å². The molecule has 1 aliphatic heterocycles. The Kier molecular flexibility index (Phi) is 2.58. The minimum absolute atomic E-state index is 0.276. The summed E-state index contributed by atoms with van der Waals surface area (Å²) in [6.45, 7) is 0.689. The number of thiazole rings is 1. The first-order valence-electron chi connectivity index (χ1n) is 5.11. The lowest BCUT2D eigenvalue weighted by molar-refractivity contribution is 0.343. The number of hydrogen-bond acceptors (Lipinski definition) is 3. The van der Waals surface area contributed by atoms with Crippen LogP contribution in [-0.4, -0.2) is 11.6 Å². The normalized spacial score (nSPS) is 18.2. The summed E-state index contributed by atoms with van der Waals surface area (Å²) in [6.07, 6.45) is 1.86. The maximum atomic E-state index is 5.79. The largest absolute Gasteiger partial charge is 0.492 e. The highest BCUT2D eigenvalue weighted by molar-refractivity contribution is 7.11. The van der Waals surface area contributed by atoms with Gasteiger partial charge >= 0.3 is 0 Å². The number of ether oxygens (including phenoxy) is 1. The number of hydrogen-bond donors (Lipinski definition) is 0. The fraction of sp³-hybridized carbons (Fsp3) is 0.250. The van der Waals surface area contributed by atoms with Crippen molar-refractivity contribution < 1.29 is 4.74 Å². The summed E-state index contributed by atoms with van der Waals surface area (Å²) >= 11 is 7.46. The van der Waals surface area contributed by atoms with Gasteiger partial charge in [-0.15, -0.1) is 22.9 Å².